The Morgan fingerprint density at radius 1 is 1.28 bits per heavy atom. The Balaban J connectivity index is 1.64. The molecule has 5 nitrogen and oxygen atoms in total. The molecule has 6 heteroatoms. The molecule has 1 fully saturated rings. The van der Waals surface area contributed by atoms with E-state index in [0.717, 1.165) is 24.1 Å². The number of nitrogens with zero attached hydrogens (tertiary/aromatic N) is 4. The molecule has 0 N–H and O–H groups in total. The summed E-state index contributed by atoms with van der Waals surface area (Å²) >= 11 is 0. The van der Waals surface area contributed by atoms with Gasteiger partial charge in [0.2, 0.25) is 0 Å². The molecule has 0 radical (unpaired) electrons. The first-order chi connectivity index (χ1) is 12.1. The molecule has 0 spiro atoms. The number of rotatable bonds is 5. The topological polar surface area (TPSA) is 50.5 Å². The van der Waals surface area contributed by atoms with Crippen molar-refractivity contribution in [3.63, 3.8) is 0 Å². The normalized spacial score (nSPS) is 14.0. The summed E-state index contributed by atoms with van der Waals surface area (Å²) in [7, 11) is 0. The fourth-order valence-corrected chi connectivity index (χ4v) is 2.92. The Morgan fingerprint density at radius 2 is 2.04 bits per heavy atom. The van der Waals surface area contributed by atoms with Crippen LogP contribution in [0.3, 0.4) is 0 Å². The van der Waals surface area contributed by atoms with Gasteiger partial charge in [-0.3, -0.25) is 4.79 Å². The van der Waals surface area contributed by atoms with E-state index in [1.54, 1.807) is 29.0 Å². The van der Waals surface area contributed by atoms with Crippen LogP contribution in [0, 0.1) is 18.7 Å². The first-order valence-electron chi connectivity index (χ1n) is 8.45. The lowest BCUT2D eigenvalue weighted by molar-refractivity contribution is 0.0736. The Labute approximate surface area is 145 Å². The molecule has 1 aromatic carbocycles. The minimum atomic E-state index is -0.272. The lowest BCUT2D eigenvalue weighted by Crippen LogP contribution is -2.32. The zero-order valence-electron chi connectivity index (χ0n) is 14.0. The maximum Gasteiger partial charge on any atom is 0.259 e. The molecule has 2 heterocycles. The van der Waals surface area contributed by atoms with Crippen LogP contribution in [0.2, 0.25) is 0 Å². The van der Waals surface area contributed by atoms with Crippen molar-refractivity contribution in [2.75, 3.05) is 6.54 Å². The number of aromatic nitrogens is 3. The minimum absolute atomic E-state index is 0.0793. The van der Waals surface area contributed by atoms with Crippen LogP contribution in [0.15, 0.2) is 42.7 Å². The molecule has 0 atom stereocenters. The molecule has 1 aliphatic rings. The number of hydrogen-bond donors (Lipinski definition) is 0. The van der Waals surface area contributed by atoms with E-state index >= 15 is 0 Å². The van der Waals surface area contributed by atoms with Crippen LogP contribution in [0.1, 0.15) is 34.5 Å². The first kappa shape index (κ1) is 15.7. The summed E-state index contributed by atoms with van der Waals surface area (Å²) in [5.41, 5.74) is 2.83. The summed E-state index contributed by atoms with van der Waals surface area (Å²) < 4.78 is 14.8. The van der Waals surface area contributed by atoms with E-state index in [9.17, 15) is 9.18 Å². The van der Waals surface area contributed by atoms with Crippen LogP contribution in [0.4, 0.5) is 4.39 Å². The van der Waals surface area contributed by atoms with Gasteiger partial charge in [-0.1, -0.05) is 12.1 Å². The summed E-state index contributed by atoms with van der Waals surface area (Å²) in [6, 6.07) is 8.15. The van der Waals surface area contributed by atoms with E-state index in [1.165, 1.54) is 12.1 Å². The quantitative estimate of drug-likeness (QED) is 0.718. The van der Waals surface area contributed by atoms with E-state index in [2.05, 4.69) is 10.1 Å². The average molecular weight is 338 g/mol. The maximum absolute atomic E-state index is 13.1. The van der Waals surface area contributed by atoms with Gasteiger partial charge in [0, 0.05) is 25.0 Å². The van der Waals surface area contributed by atoms with Gasteiger partial charge in [0.05, 0.1) is 6.20 Å². The van der Waals surface area contributed by atoms with Gasteiger partial charge in [-0.05, 0) is 49.4 Å². The highest BCUT2D eigenvalue weighted by Crippen LogP contribution is 2.31. The van der Waals surface area contributed by atoms with Gasteiger partial charge >= 0.3 is 0 Å². The third-order valence-electron chi connectivity index (χ3n) is 4.49. The Hall–Kier alpha value is -2.76. The van der Waals surface area contributed by atoms with E-state index in [1.807, 2.05) is 17.9 Å². The Morgan fingerprint density at radius 3 is 2.76 bits per heavy atom. The summed E-state index contributed by atoms with van der Waals surface area (Å²) in [5.74, 6) is 0.205. The highest BCUT2D eigenvalue weighted by Gasteiger charge is 2.29. The number of amides is 1. The summed E-state index contributed by atoms with van der Waals surface area (Å²) in [6.07, 6.45) is 5.69. The Kier molecular flexibility index (Phi) is 3.95. The van der Waals surface area contributed by atoms with Crippen molar-refractivity contribution < 1.29 is 9.18 Å². The summed E-state index contributed by atoms with van der Waals surface area (Å²) in [6.45, 7) is 3.06. The minimum Gasteiger partial charge on any atom is -0.334 e. The molecule has 25 heavy (non-hydrogen) atoms. The standard InChI is InChI=1S/C19H19FN4O/c1-13-8-9-24-18(22-13)17(10-21-24)19(25)23(11-14-2-3-14)12-15-4-6-16(20)7-5-15/h4-10,14H,2-3,11-12H2,1H3. The predicted octanol–water partition coefficient (Wildman–Crippen LogP) is 3.23. The van der Waals surface area contributed by atoms with E-state index in [0.29, 0.717) is 30.2 Å². The van der Waals surface area contributed by atoms with Crippen molar-refractivity contribution in [3.05, 3.63) is 65.4 Å². The molecule has 0 saturated heterocycles. The van der Waals surface area contributed by atoms with Gasteiger partial charge < -0.3 is 4.90 Å². The zero-order valence-corrected chi connectivity index (χ0v) is 14.0. The second-order valence-corrected chi connectivity index (χ2v) is 6.65. The lowest BCUT2D eigenvalue weighted by atomic mass is 10.1. The van der Waals surface area contributed by atoms with Crippen molar-refractivity contribution in [2.45, 2.75) is 26.3 Å². The van der Waals surface area contributed by atoms with Crippen LogP contribution in [0.5, 0.6) is 0 Å². The molecule has 3 aromatic rings. The third kappa shape index (κ3) is 3.38. The average Bonchev–Trinajstić information content (AvgIpc) is 3.33. The molecule has 1 saturated carbocycles. The van der Waals surface area contributed by atoms with Crippen molar-refractivity contribution in [1.82, 2.24) is 19.5 Å². The van der Waals surface area contributed by atoms with Crippen LogP contribution >= 0.6 is 0 Å². The van der Waals surface area contributed by atoms with Crippen molar-refractivity contribution >= 4 is 11.6 Å². The maximum atomic E-state index is 13.1. The van der Waals surface area contributed by atoms with Gasteiger partial charge in [0.1, 0.15) is 11.4 Å². The van der Waals surface area contributed by atoms with Gasteiger partial charge in [0.25, 0.3) is 5.91 Å². The monoisotopic (exact) mass is 338 g/mol. The first-order valence-corrected chi connectivity index (χ1v) is 8.45. The Bertz CT molecular complexity index is 915. The zero-order chi connectivity index (χ0) is 17.4. The van der Waals surface area contributed by atoms with Crippen molar-refractivity contribution in [2.24, 2.45) is 5.92 Å². The molecule has 128 valence electrons. The SMILES string of the molecule is Cc1ccn2ncc(C(=O)N(Cc3ccc(F)cc3)CC3CC3)c2n1. The summed E-state index contributed by atoms with van der Waals surface area (Å²) in [4.78, 5) is 19.4. The molecular formula is C19H19FN4O. The number of aryl methyl sites for hydroxylation is 1. The van der Waals surface area contributed by atoms with Gasteiger partial charge in [-0.25, -0.2) is 13.9 Å². The second kappa shape index (κ2) is 6.27. The van der Waals surface area contributed by atoms with Crippen LogP contribution in [0.25, 0.3) is 5.65 Å². The fraction of sp³-hybridized carbons (Fsp3) is 0.316. The molecule has 0 aliphatic heterocycles. The largest absolute Gasteiger partial charge is 0.334 e. The van der Waals surface area contributed by atoms with Crippen molar-refractivity contribution in [1.29, 1.82) is 0 Å². The molecule has 4 rings (SSSR count). The smallest absolute Gasteiger partial charge is 0.259 e. The molecule has 1 amide bonds. The molecule has 2 aromatic heterocycles. The van der Waals surface area contributed by atoms with Crippen LogP contribution < -0.4 is 0 Å². The van der Waals surface area contributed by atoms with Gasteiger partial charge in [-0.2, -0.15) is 5.10 Å². The van der Waals surface area contributed by atoms with Crippen LogP contribution in [-0.2, 0) is 6.54 Å². The highest BCUT2D eigenvalue weighted by atomic mass is 19.1. The predicted molar refractivity (Wildman–Crippen MR) is 91.6 cm³/mol. The third-order valence-corrected chi connectivity index (χ3v) is 4.49. The van der Waals surface area contributed by atoms with Crippen molar-refractivity contribution in [3.8, 4) is 0 Å². The van der Waals surface area contributed by atoms with E-state index in [4.69, 9.17) is 0 Å². The fourth-order valence-electron chi connectivity index (χ4n) is 2.92. The number of carbonyl (C=O) groups is 1. The van der Waals surface area contributed by atoms with Crippen LogP contribution in [-0.4, -0.2) is 31.9 Å². The number of hydrogen-bond acceptors (Lipinski definition) is 3. The number of halogens is 1. The molecular weight excluding hydrogens is 319 g/mol. The molecule has 0 unspecified atom stereocenters. The molecule has 0 bridgehead atoms. The number of fused-ring (bicyclic) bond motifs is 1. The molecule has 1 aliphatic carbocycles. The van der Waals surface area contributed by atoms with E-state index in [-0.39, 0.29) is 11.7 Å². The number of carbonyl (C=O) groups excluding carboxylic acids is 1. The summed E-state index contributed by atoms with van der Waals surface area (Å²) in [5, 5.41) is 4.23. The van der Waals surface area contributed by atoms with Gasteiger partial charge in [0.15, 0.2) is 5.65 Å². The van der Waals surface area contributed by atoms with Gasteiger partial charge in [-0.15, -0.1) is 0 Å². The number of benzene rings is 1. The second-order valence-electron chi connectivity index (χ2n) is 6.65. The lowest BCUT2D eigenvalue weighted by Gasteiger charge is -2.22. The van der Waals surface area contributed by atoms with E-state index < -0.39 is 0 Å². The highest BCUT2D eigenvalue weighted by molar-refractivity contribution is 5.99.